The molecule has 1 aromatic heterocycles. The molecule has 0 aliphatic rings. The Kier molecular flexibility index (Phi) is 3.45. The molecule has 0 aliphatic heterocycles. The third-order valence-electron chi connectivity index (χ3n) is 2.82. The second-order valence-corrected chi connectivity index (χ2v) is 4.40. The van der Waals surface area contributed by atoms with Crippen molar-refractivity contribution in [2.75, 3.05) is 0 Å². The summed E-state index contributed by atoms with van der Waals surface area (Å²) in [5.41, 5.74) is 0.0866. The molecule has 0 radical (unpaired) electrons. The van der Waals surface area contributed by atoms with Crippen molar-refractivity contribution in [3.8, 4) is 29.0 Å². The standard InChI is InChI=1S/C14H8F2N2O5/c15-7-1-4-12(9(16)5-7)22-13-17-18(14(21)23-13)8-2-3-10(19)11(20)6-8/h1-6,19-20H. The van der Waals surface area contributed by atoms with E-state index in [1.165, 1.54) is 6.07 Å². The van der Waals surface area contributed by atoms with Gasteiger partial charge in [-0.3, -0.25) is 0 Å². The first-order chi connectivity index (χ1) is 10.9. The molecule has 0 bridgehead atoms. The molecule has 0 saturated heterocycles. The van der Waals surface area contributed by atoms with Gasteiger partial charge in [-0.15, -0.1) is 0 Å². The van der Waals surface area contributed by atoms with Crippen molar-refractivity contribution in [1.29, 1.82) is 0 Å². The Bertz CT molecular complexity index is 935. The molecule has 7 nitrogen and oxygen atoms in total. The zero-order valence-electron chi connectivity index (χ0n) is 11.2. The summed E-state index contributed by atoms with van der Waals surface area (Å²) in [6.07, 6.45) is -0.576. The van der Waals surface area contributed by atoms with Gasteiger partial charge >= 0.3 is 11.8 Å². The van der Waals surface area contributed by atoms with Crippen LogP contribution in [0.4, 0.5) is 8.78 Å². The van der Waals surface area contributed by atoms with Crippen LogP contribution in [0.2, 0.25) is 0 Å². The molecular formula is C14H8F2N2O5. The summed E-state index contributed by atoms with van der Waals surface area (Å²) in [7, 11) is 0. The summed E-state index contributed by atoms with van der Waals surface area (Å²) in [5.74, 6) is -3.98. The second-order valence-electron chi connectivity index (χ2n) is 4.40. The van der Waals surface area contributed by atoms with Gasteiger partial charge < -0.3 is 19.4 Å². The van der Waals surface area contributed by atoms with E-state index in [9.17, 15) is 23.8 Å². The lowest BCUT2D eigenvalue weighted by Gasteiger charge is -2.02. The summed E-state index contributed by atoms with van der Waals surface area (Å²) in [6, 6.07) is 6.08. The normalized spacial score (nSPS) is 10.7. The number of benzene rings is 2. The minimum absolute atomic E-state index is 0.0866. The highest BCUT2D eigenvalue weighted by molar-refractivity contribution is 5.46. The Balaban J connectivity index is 1.94. The highest BCUT2D eigenvalue weighted by atomic mass is 19.1. The van der Waals surface area contributed by atoms with Crippen LogP contribution in [0.25, 0.3) is 5.69 Å². The summed E-state index contributed by atoms with van der Waals surface area (Å²) in [4.78, 5) is 11.7. The largest absolute Gasteiger partial charge is 0.504 e. The van der Waals surface area contributed by atoms with Crippen LogP contribution in [0.3, 0.4) is 0 Å². The van der Waals surface area contributed by atoms with Gasteiger partial charge in [0, 0.05) is 12.1 Å². The Hall–Kier alpha value is -3.36. The van der Waals surface area contributed by atoms with Crippen molar-refractivity contribution in [3.05, 3.63) is 58.6 Å². The number of aromatic nitrogens is 2. The molecule has 0 spiro atoms. The highest BCUT2D eigenvalue weighted by Crippen LogP contribution is 2.27. The average Bonchev–Trinajstić information content (AvgIpc) is 2.86. The molecule has 2 aromatic carbocycles. The summed E-state index contributed by atoms with van der Waals surface area (Å²) in [5, 5.41) is 22.3. The van der Waals surface area contributed by atoms with Crippen LogP contribution in [0.15, 0.2) is 45.6 Å². The second kappa shape index (κ2) is 5.44. The molecule has 3 aromatic rings. The predicted molar refractivity (Wildman–Crippen MR) is 71.9 cm³/mol. The SMILES string of the molecule is O=c1oc(Oc2ccc(F)cc2F)nn1-c1ccc(O)c(O)c1. The summed E-state index contributed by atoms with van der Waals surface area (Å²) >= 11 is 0. The number of hydrogen-bond donors (Lipinski definition) is 2. The fourth-order valence-electron chi connectivity index (χ4n) is 1.76. The number of aromatic hydroxyl groups is 2. The third kappa shape index (κ3) is 2.84. The maximum Gasteiger partial charge on any atom is 0.444 e. The minimum atomic E-state index is -0.996. The number of halogens is 2. The first-order valence-corrected chi connectivity index (χ1v) is 6.19. The van der Waals surface area contributed by atoms with Crippen LogP contribution in [0, 0.1) is 11.6 Å². The number of phenolic OH excluding ortho intramolecular Hbond substituents is 2. The van der Waals surface area contributed by atoms with Crippen molar-refractivity contribution in [2.24, 2.45) is 0 Å². The fraction of sp³-hybridized carbons (Fsp3) is 0. The lowest BCUT2D eigenvalue weighted by Crippen LogP contribution is -2.13. The van der Waals surface area contributed by atoms with E-state index in [0.717, 1.165) is 28.9 Å². The molecule has 23 heavy (non-hydrogen) atoms. The van der Waals surface area contributed by atoms with E-state index in [0.29, 0.717) is 6.07 Å². The van der Waals surface area contributed by atoms with Gasteiger partial charge in [-0.1, -0.05) is 5.10 Å². The highest BCUT2D eigenvalue weighted by Gasteiger charge is 2.15. The molecule has 0 unspecified atom stereocenters. The molecule has 0 saturated carbocycles. The van der Waals surface area contributed by atoms with Gasteiger partial charge in [0.2, 0.25) is 0 Å². The van der Waals surface area contributed by atoms with Gasteiger partial charge in [0.1, 0.15) is 5.82 Å². The van der Waals surface area contributed by atoms with Crippen molar-refractivity contribution < 1.29 is 28.1 Å². The van der Waals surface area contributed by atoms with Crippen LogP contribution in [-0.2, 0) is 0 Å². The molecule has 118 valence electrons. The molecule has 0 aliphatic carbocycles. The number of nitrogens with zero attached hydrogens (tertiary/aromatic N) is 2. The van der Waals surface area contributed by atoms with Crippen LogP contribution >= 0.6 is 0 Å². The average molecular weight is 322 g/mol. The van der Waals surface area contributed by atoms with E-state index in [1.54, 1.807) is 0 Å². The molecule has 9 heteroatoms. The smallest absolute Gasteiger partial charge is 0.444 e. The van der Waals surface area contributed by atoms with Crippen LogP contribution in [-0.4, -0.2) is 20.0 Å². The topological polar surface area (TPSA) is 97.7 Å². The van der Waals surface area contributed by atoms with Gasteiger partial charge in [0.15, 0.2) is 23.1 Å². The van der Waals surface area contributed by atoms with Crippen molar-refractivity contribution in [3.63, 3.8) is 0 Å². The fourth-order valence-corrected chi connectivity index (χ4v) is 1.76. The number of ether oxygens (including phenoxy) is 1. The Labute approximate surface area is 126 Å². The third-order valence-corrected chi connectivity index (χ3v) is 2.82. The van der Waals surface area contributed by atoms with E-state index in [4.69, 9.17) is 9.15 Å². The number of rotatable bonds is 3. The predicted octanol–water partition coefficient (Wildman–Crippen LogP) is 2.31. The zero-order valence-corrected chi connectivity index (χ0v) is 11.2. The van der Waals surface area contributed by atoms with E-state index < -0.39 is 29.2 Å². The van der Waals surface area contributed by atoms with Crippen LogP contribution < -0.4 is 10.5 Å². The lowest BCUT2D eigenvalue weighted by molar-refractivity contribution is 0.308. The van der Waals surface area contributed by atoms with Crippen molar-refractivity contribution >= 4 is 0 Å². The monoisotopic (exact) mass is 322 g/mol. The first kappa shape index (κ1) is 14.6. The molecule has 2 N–H and O–H groups in total. The molecule has 3 rings (SSSR count). The quantitative estimate of drug-likeness (QED) is 0.718. The van der Waals surface area contributed by atoms with E-state index in [1.807, 2.05) is 0 Å². The Morgan fingerprint density at radius 3 is 2.57 bits per heavy atom. The van der Waals surface area contributed by atoms with E-state index in [-0.39, 0.29) is 17.2 Å². The minimum Gasteiger partial charge on any atom is -0.504 e. The van der Waals surface area contributed by atoms with Gasteiger partial charge in [-0.25, -0.2) is 13.6 Å². The van der Waals surface area contributed by atoms with Crippen molar-refractivity contribution in [1.82, 2.24) is 9.78 Å². The van der Waals surface area contributed by atoms with Crippen LogP contribution in [0.1, 0.15) is 0 Å². The van der Waals surface area contributed by atoms with Gasteiger partial charge in [0.25, 0.3) is 0 Å². The lowest BCUT2D eigenvalue weighted by atomic mass is 10.3. The Morgan fingerprint density at radius 2 is 1.87 bits per heavy atom. The molecule has 1 heterocycles. The molecule has 0 amide bonds. The molecular weight excluding hydrogens is 314 g/mol. The van der Waals surface area contributed by atoms with E-state index >= 15 is 0 Å². The van der Waals surface area contributed by atoms with Gasteiger partial charge in [-0.05, 0) is 24.3 Å². The maximum atomic E-state index is 13.5. The van der Waals surface area contributed by atoms with Gasteiger partial charge in [0.05, 0.1) is 5.69 Å². The van der Waals surface area contributed by atoms with Gasteiger partial charge in [-0.2, -0.15) is 4.68 Å². The molecule has 0 atom stereocenters. The van der Waals surface area contributed by atoms with Crippen molar-refractivity contribution in [2.45, 2.75) is 0 Å². The maximum absolute atomic E-state index is 13.5. The zero-order chi connectivity index (χ0) is 16.6. The number of hydrogen-bond acceptors (Lipinski definition) is 6. The Morgan fingerprint density at radius 1 is 1.09 bits per heavy atom. The summed E-state index contributed by atoms with van der Waals surface area (Å²) in [6.45, 7) is 0. The molecule has 0 fully saturated rings. The summed E-state index contributed by atoms with van der Waals surface area (Å²) < 4.78 is 36.7. The number of phenols is 2. The first-order valence-electron chi connectivity index (χ1n) is 6.19. The van der Waals surface area contributed by atoms with E-state index in [2.05, 4.69) is 5.10 Å². The van der Waals surface area contributed by atoms with Crippen LogP contribution in [0.5, 0.6) is 23.3 Å².